The maximum absolute atomic E-state index is 13.3. The van der Waals surface area contributed by atoms with Gasteiger partial charge in [0.25, 0.3) is 5.91 Å². The van der Waals surface area contributed by atoms with Gasteiger partial charge in [0.1, 0.15) is 0 Å². The number of fused-ring (bicyclic) bond motifs is 1. The summed E-state index contributed by atoms with van der Waals surface area (Å²) < 4.78 is 0. The number of aliphatic imine (C=N–C) groups is 1. The lowest BCUT2D eigenvalue weighted by Gasteiger charge is -2.28. The predicted octanol–water partition coefficient (Wildman–Crippen LogP) is 4.48. The van der Waals surface area contributed by atoms with Crippen LogP contribution in [0.1, 0.15) is 37.8 Å². The Morgan fingerprint density at radius 3 is 2.47 bits per heavy atom. The van der Waals surface area contributed by atoms with Crippen molar-refractivity contribution < 1.29 is 4.79 Å². The second-order valence-corrected chi connectivity index (χ2v) is 8.06. The maximum Gasteiger partial charge on any atom is 0.272 e. The SMILES string of the molecule is CCCN(CCC)C(=S)NC1N=C(c2ccccc2)c2cc(Cl)ccc2N(C)C1=O. The van der Waals surface area contributed by atoms with Crippen molar-refractivity contribution in [3.8, 4) is 0 Å². The fraction of sp³-hybridized carbons (Fsp3) is 0.348. The number of amides is 1. The second kappa shape index (κ2) is 10.0. The van der Waals surface area contributed by atoms with Crippen LogP contribution in [0.2, 0.25) is 5.02 Å². The summed E-state index contributed by atoms with van der Waals surface area (Å²) in [4.78, 5) is 21.8. The van der Waals surface area contributed by atoms with Gasteiger partial charge in [-0.2, -0.15) is 0 Å². The number of rotatable bonds is 6. The number of hydrogen-bond donors (Lipinski definition) is 1. The van der Waals surface area contributed by atoms with E-state index < -0.39 is 6.17 Å². The first kappa shape index (κ1) is 22.2. The van der Waals surface area contributed by atoms with Gasteiger partial charge in [0, 0.05) is 36.3 Å². The average molecular weight is 443 g/mol. The molecule has 1 heterocycles. The van der Waals surface area contributed by atoms with Gasteiger partial charge in [-0.25, -0.2) is 4.99 Å². The molecule has 1 aliphatic heterocycles. The van der Waals surface area contributed by atoms with Gasteiger partial charge in [0.2, 0.25) is 6.17 Å². The molecule has 0 aromatic heterocycles. The molecule has 0 radical (unpaired) electrons. The highest BCUT2D eigenvalue weighted by atomic mass is 35.5. The van der Waals surface area contributed by atoms with Gasteiger partial charge < -0.3 is 15.1 Å². The van der Waals surface area contributed by atoms with E-state index in [9.17, 15) is 4.79 Å². The highest BCUT2D eigenvalue weighted by molar-refractivity contribution is 7.80. The van der Waals surface area contributed by atoms with Crippen molar-refractivity contribution in [2.45, 2.75) is 32.9 Å². The summed E-state index contributed by atoms with van der Waals surface area (Å²) in [6.07, 6.45) is 1.13. The van der Waals surface area contributed by atoms with Gasteiger partial charge in [-0.3, -0.25) is 4.79 Å². The van der Waals surface area contributed by atoms with E-state index in [1.54, 1.807) is 18.0 Å². The summed E-state index contributed by atoms with van der Waals surface area (Å²) in [7, 11) is 1.76. The van der Waals surface area contributed by atoms with E-state index >= 15 is 0 Å². The van der Waals surface area contributed by atoms with Crippen LogP contribution >= 0.6 is 23.8 Å². The molecule has 0 spiro atoms. The molecule has 2 aromatic rings. The number of benzene rings is 2. The minimum atomic E-state index is -0.819. The summed E-state index contributed by atoms with van der Waals surface area (Å²) in [5, 5.41) is 4.35. The van der Waals surface area contributed by atoms with Crippen molar-refractivity contribution in [2.24, 2.45) is 4.99 Å². The van der Waals surface area contributed by atoms with Crippen molar-refractivity contribution in [1.82, 2.24) is 10.2 Å². The topological polar surface area (TPSA) is 47.9 Å². The summed E-state index contributed by atoms with van der Waals surface area (Å²) in [5.41, 5.74) is 3.21. The second-order valence-electron chi connectivity index (χ2n) is 7.24. The first-order valence-corrected chi connectivity index (χ1v) is 11.0. The van der Waals surface area contributed by atoms with E-state index in [-0.39, 0.29) is 5.91 Å². The number of carbonyl (C=O) groups excluding carboxylic acids is 1. The summed E-state index contributed by atoms with van der Waals surface area (Å²) in [6.45, 7) is 5.90. The molecule has 1 aliphatic rings. The molecule has 3 rings (SSSR count). The number of anilines is 1. The lowest BCUT2D eigenvalue weighted by Crippen LogP contribution is -2.50. The van der Waals surface area contributed by atoms with Crippen LogP contribution in [0.4, 0.5) is 5.69 Å². The predicted molar refractivity (Wildman–Crippen MR) is 129 cm³/mol. The highest BCUT2D eigenvalue weighted by Crippen LogP contribution is 2.29. The molecule has 1 atom stereocenters. The van der Waals surface area contributed by atoms with Crippen LogP contribution in [0, 0.1) is 0 Å². The van der Waals surface area contributed by atoms with E-state index in [1.165, 1.54) is 0 Å². The van der Waals surface area contributed by atoms with Crippen molar-refractivity contribution >= 4 is 46.2 Å². The molecule has 1 N–H and O–H groups in total. The zero-order valence-electron chi connectivity index (χ0n) is 17.6. The van der Waals surface area contributed by atoms with Crippen LogP contribution in [0.25, 0.3) is 0 Å². The normalized spacial score (nSPS) is 15.9. The zero-order valence-corrected chi connectivity index (χ0v) is 19.1. The summed E-state index contributed by atoms with van der Waals surface area (Å²) in [5.74, 6) is -0.167. The van der Waals surface area contributed by atoms with Gasteiger partial charge in [-0.05, 0) is 43.3 Å². The van der Waals surface area contributed by atoms with Gasteiger partial charge in [0.05, 0.1) is 11.4 Å². The fourth-order valence-electron chi connectivity index (χ4n) is 3.53. The minimum Gasteiger partial charge on any atom is -0.349 e. The molecule has 158 valence electrons. The summed E-state index contributed by atoms with van der Waals surface area (Å²) >= 11 is 11.9. The van der Waals surface area contributed by atoms with Crippen molar-refractivity contribution in [3.05, 3.63) is 64.7 Å². The number of halogens is 1. The Labute approximate surface area is 188 Å². The molecule has 30 heavy (non-hydrogen) atoms. The fourth-order valence-corrected chi connectivity index (χ4v) is 4.00. The highest BCUT2D eigenvalue weighted by Gasteiger charge is 2.31. The van der Waals surface area contributed by atoms with E-state index in [0.29, 0.717) is 15.8 Å². The third-order valence-electron chi connectivity index (χ3n) is 4.98. The molecule has 1 unspecified atom stereocenters. The molecule has 0 bridgehead atoms. The van der Waals surface area contributed by atoms with Crippen LogP contribution in [-0.4, -0.2) is 47.9 Å². The Morgan fingerprint density at radius 2 is 1.83 bits per heavy atom. The molecular weight excluding hydrogens is 416 g/mol. The monoisotopic (exact) mass is 442 g/mol. The third-order valence-corrected chi connectivity index (χ3v) is 5.59. The van der Waals surface area contributed by atoms with E-state index in [2.05, 4.69) is 24.1 Å². The van der Waals surface area contributed by atoms with Crippen LogP contribution < -0.4 is 10.2 Å². The number of nitrogens with zero attached hydrogens (tertiary/aromatic N) is 3. The van der Waals surface area contributed by atoms with Crippen LogP contribution in [0.15, 0.2) is 53.5 Å². The molecule has 7 heteroatoms. The molecule has 1 amide bonds. The Kier molecular flexibility index (Phi) is 7.45. The minimum absolute atomic E-state index is 0.167. The average Bonchev–Trinajstić information content (AvgIpc) is 2.84. The Hall–Kier alpha value is -2.44. The maximum atomic E-state index is 13.3. The Bertz CT molecular complexity index is 941. The number of likely N-dealkylation sites (N-methyl/N-ethyl adjacent to an activating group) is 1. The molecular formula is C23H27ClN4OS. The van der Waals surface area contributed by atoms with Gasteiger partial charge in [0.15, 0.2) is 5.11 Å². The molecule has 5 nitrogen and oxygen atoms in total. The number of thiocarbonyl (C=S) groups is 1. The van der Waals surface area contributed by atoms with E-state index in [4.69, 9.17) is 28.8 Å². The lowest BCUT2D eigenvalue weighted by atomic mass is 10.0. The van der Waals surface area contributed by atoms with Gasteiger partial charge in [-0.1, -0.05) is 55.8 Å². The van der Waals surface area contributed by atoms with Crippen molar-refractivity contribution in [3.63, 3.8) is 0 Å². The van der Waals surface area contributed by atoms with Crippen molar-refractivity contribution in [2.75, 3.05) is 25.0 Å². The zero-order chi connectivity index (χ0) is 21.7. The largest absolute Gasteiger partial charge is 0.349 e. The lowest BCUT2D eigenvalue weighted by molar-refractivity contribution is -0.119. The quantitative estimate of drug-likeness (QED) is 0.670. The first-order chi connectivity index (χ1) is 14.5. The molecule has 0 aliphatic carbocycles. The van der Waals surface area contributed by atoms with Crippen LogP contribution in [0.3, 0.4) is 0 Å². The standard InChI is InChI=1S/C23H27ClN4OS/c1-4-13-28(14-5-2)23(30)26-21-22(29)27(3)19-12-11-17(24)15-18(19)20(25-21)16-9-7-6-8-10-16/h6-12,15,21H,4-5,13-14H2,1-3H3,(H,26,30). The van der Waals surface area contributed by atoms with Crippen molar-refractivity contribution in [1.29, 1.82) is 0 Å². The Balaban J connectivity index is 2.05. The molecule has 0 fully saturated rings. The van der Waals surface area contributed by atoms with Gasteiger partial charge >= 0.3 is 0 Å². The number of hydrogen-bond acceptors (Lipinski definition) is 3. The smallest absolute Gasteiger partial charge is 0.272 e. The molecule has 0 saturated carbocycles. The number of benzodiazepines with no additional fused rings is 1. The number of nitrogens with one attached hydrogen (secondary N) is 1. The first-order valence-electron chi connectivity index (χ1n) is 10.2. The molecule has 0 saturated heterocycles. The summed E-state index contributed by atoms with van der Waals surface area (Å²) in [6, 6.07) is 15.3. The number of carbonyl (C=O) groups is 1. The van der Waals surface area contributed by atoms with Crippen LogP contribution in [0.5, 0.6) is 0 Å². The van der Waals surface area contributed by atoms with Crippen LogP contribution in [-0.2, 0) is 4.79 Å². The Morgan fingerprint density at radius 1 is 1.17 bits per heavy atom. The third kappa shape index (κ3) is 4.82. The van der Waals surface area contributed by atoms with Gasteiger partial charge in [-0.15, -0.1) is 0 Å². The van der Waals surface area contributed by atoms with E-state index in [0.717, 1.165) is 42.7 Å². The van der Waals surface area contributed by atoms with E-state index in [1.807, 2.05) is 42.5 Å². The molecule has 2 aromatic carbocycles.